The van der Waals surface area contributed by atoms with Crippen LogP contribution in [0.15, 0.2) is 24.4 Å². The molecule has 3 nitrogen and oxygen atoms in total. The van der Waals surface area contributed by atoms with Gasteiger partial charge in [-0.1, -0.05) is 22.0 Å². The third-order valence-electron chi connectivity index (χ3n) is 2.60. The summed E-state index contributed by atoms with van der Waals surface area (Å²) in [6.07, 6.45) is 3.71. The number of pyridine rings is 1. The number of hydrogen-bond acceptors (Lipinski definition) is 2. The summed E-state index contributed by atoms with van der Waals surface area (Å²) in [6, 6.07) is 5.43. The van der Waals surface area contributed by atoms with Gasteiger partial charge in [-0.05, 0) is 25.0 Å². The van der Waals surface area contributed by atoms with E-state index in [2.05, 4.69) is 20.9 Å². The highest BCUT2D eigenvalue weighted by Gasteiger charge is 2.22. The lowest BCUT2D eigenvalue weighted by atomic mass is 10.1. The quantitative estimate of drug-likeness (QED) is 0.731. The fourth-order valence-electron chi connectivity index (χ4n) is 1.70. The Morgan fingerprint density at radius 3 is 2.73 bits per heavy atom. The third kappa shape index (κ3) is 2.56. The van der Waals surface area contributed by atoms with Crippen LogP contribution in [-0.2, 0) is 0 Å². The zero-order valence-electron chi connectivity index (χ0n) is 8.40. The van der Waals surface area contributed by atoms with E-state index in [4.69, 9.17) is 0 Å². The van der Waals surface area contributed by atoms with Crippen molar-refractivity contribution in [1.82, 2.24) is 9.88 Å². The first-order valence-electron chi connectivity index (χ1n) is 5.12. The number of hydrogen-bond donors (Lipinski definition) is 0. The summed E-state index contributed by atoms with van der Waals surface area (Å²) in [7, 11) is 0. The van der Waals surface area contributed by atoms with E-state index in [1.54, 1.807) is 12.3 Å². The zero-order chi connectivity index (χ0) is 10.7. The van der Waals surface area contributed by atoms with E-state index in [1.165, 1.54) is 0 Å². The van der Waals surface area contributed by atoms with Crippen molar-refractivity contribution in [2.45, 2.75) is 17.7 Å². The molecule has 0 aromatic carbocycles. The van der Waals surface area contributed by atoms with E-state index in [0.29, 0.717) is 10.5 Å². The van der Waals surface area contributed by atoms with Gasteiger partial charge in [-0.25, -0.2) is 0 Å². The van der Waals surface area contributed by atoms with Gasteiger partial charge in [-0.2, -0.15) is 0 Å². The first-order valence-corrected chi connectivity index (χ1v) is 6.03. The molecule has 1 aromatic rings. The van der Waals surface area contributed by atoms with E-state index >= 15 is 0 Å². The number of amides is 1. The molecule has 80 valence electrons. The molecule has 0 aliphatic carbocycles. The minimum atomic E-state index is 0.0509. The van der Waals surface area contributed by atoms with Crippen molar-refractivity contribution in [3.05, 3.63) is 30.1 Å². The predicted octanol–water partition coefficient (Wildman–Crippen LogP) is 2.08. The number of aromatic nitrogens is 1. The van der Waals surface area contributed by atoms with Crippen LogP contribution in [0.2, 0.25) is 0 Å². The largest absolute Gasteiger partial charge is 0.337 e. The Labute approximate surface area is 97.6 Å². The van der Waals surface area contributed by atoms with Crippen molar-refractivity contribution in [2.75, 3.05) is 13.1 Å². The van der Waals surface area contributed by atoms with Crippen LogP contribution in [0.1, 0.15) is 23.3 Å². The number of likely N-dealkylation sites (tertiary alicyclic amines) is 1. The molecule has 0 unspecified atom stereocenters. The number of nitrogens with zero attached hydrogens (tertiary/aromatic N) is 2. The SMILES string of the molecule is O=C(c1ccccn1)N1CCC(Br)CC1. The standard InChI is InChI=1S/C11H13BrN2O/c12-9-4-7-14(8-5-9)11(15)10-3-1-2-6-13-10/h1-3,6,9H,4-5,7-8H2. The molecule has 2 rings (SSSR count). The van der Waals surface area contributed by atoms with E-state index < -0.39 is 0 Å². The molecule has 1 aliphatic heterocycles. The van der Waals surface area contributed by atoms with Crippen LogP contribution in [0.3, 0.4) is 0 Å². The second-order valence-corrected chi connectivity index (χ2v) is 4.98. The molecule has 0 spiro atoms. The van der Waals surface area contributed by atoms with Gasteiger partial charge in [0, 0.05) is 24.1 Å². The van der Waals surface area contributed by atoms with Crippen molar-refractivity contribution in [1.29, 1.82) is 0 Å². The topological polar surface area (TPSA) is 33.2 Å². The Kier molecular flexibility index (Phi) is 3.36. The molecule has 0 N–H and O–H groups in total. The highest BCUT2D eigenvalue weighted by Crippen LogP contribution is 2.18. The molecule has 15 heavy (non-hydrogen) atoms. The Hall–Kier alpha value is -0.900. The highest BCUT2D eigenvalue weighted by atomic mass is 79.9. The van der Waals surface area contributed by atoms with Crippen LogP contribution in [0.25, 0.3) is 0 Å². The van der Waals surface area contributed by atoms with Crippen LogP contribution in [0, 0.1) is 0 Å². The second-order valence-electron chi connectivity index (χ2n) is 3.68. The van der Waals surface area contributed by atoms with E-state index in [9.17, 15) is 4.79 Å². The van der Waals surface area contributed by atoms with Crippen molar-refractivity contribution in [3.8, 4) is 0 Å². The normalized spacial score (nSPS) is 17.8. The van der Waals surface area contributed by atoms with Crippen molar-refractivity contribution in [2.24, 2.45) is 0 Å². The molecule has 0 bridgehead atoms. The average molecular weight is 269 g/mol. The summed E-state index contributed by atoms with van der Waals surface area (Å²) in [5, 5.41) is 0. The molecule has 1 saturated heterocycles. The number of alkyl halides is 1. The van der Waals surface area contributed by atoms with Crippen LogP contribution in [0.5, 0.6) is 0 Å². The third-order valence-corrected chi connectivity index (χ3v) is 3.51. The van der Waals surface area contributed by atoms with E-state index in [-0.39, 0.29) is 5.91 Å². The molecule has 1 aliphatic rings. The Balaban J connectivity index is 2.03. The maximum Gasteiger partial charge on any atom is 0.272 e. The second kappa shape index (κ2) is 4.75. The lowest BCUT2D eigenvalue weighted by molar-refractivity contribution is 0.0722. The molecule has 4 heteroatoms. The Morgan fingerprint density at radius 1 is 1.40 bits per heavy atom. The van der Waals surface area contributed by atoms with Gasteiger partial charge in [0.2, 0.25) is 0 Å². The fourth-order valence-corrected chi connectivity index (χ4v) is 2.11. The summed E-state index contributed by atoms with van der Waals surface area (Å²) < 4.78 is 0. The van der Waals surface area contributed by atoms with Gasteiger partial charge < -0.3 is 4.90 Å². The van der Waals surface area contributed by atoms with Gasteiger partial charge in [0.1, 0.15) is 5.69 Å². The van der Waals surface area contributed by atoms with Crippen molar-refractivity contribution in [3.63, 3.8) is 0 Å². The van der Waals surface area contributed by atoms with Gasteiger partial charge in [0.25, 0.3) is 5.91 Å². The lowest BCUT2D eigenvalue weighted by Gasteiger charge is -2.29. The summed E-state index contributed by atoms with van der Waals surface area (Å²) in [5.74, 6) is 0.0509. The summed E-state index contributed by atoms with van der Waals surface area (Å²) in [5.41, 5.74) is 0.547. The fraction of sp³-hybridized carbons (Fsp3) is 0.455. The Bertz CT molecular complexity index is 334. The molecule has 2 heterocycles. The molecule has 1 aromatic heterocycles. The van der Waals surface area contributed by atoms with Crippen LogP contribution < -0.4 is 0 Å². The van der Waals surface area contributed by atoms with Gasteiger partial charge in [-0.3, -0.25) is 9.78 Å². The maximum absolute atomic E-state index is 12.0. The van der Waals surface area contributed by atoms with E-state index in [1.807, 2.05) is 17.0 Å². The minimum absolute atomic E-state index is 0.0509. The molecule has 1 amide bonds. The van der Waals surface area contributed by atoms with Crippen molar-refractivity contribution >= 4 is 21.8 Å². The molecule has 0 saturated carbocycles. The van der Waals surface area contributed by atoms with Gasteiger partial charge in [0.15, 0.2) is 0 Å². The maximum atomic E-state index is 12.0. The molecular formula is C11H13BrN2O. The zero-order valence-corrected chi connectivity index (χ0v) is 9.98. The average Bonchev–Trinajstić information content (AvgIpc) is 2.30. The molecular weight excluding hydrogens is 256 g/mol. The minimum Gasteiger partial charge on any atom is -0.337 e. The van der Waals surface area contributed by atoms with Crippen molar-refractivity contribution < 1.29 is 4.79 Å². The van der Waals surface area contributed by atoms with Crippen LogP contribution in [0.4, 0.5) is 0 Å². The number of piperidine rings is 1. The molecule has 1 fully saturated rings. The smallest absolute Gasteiger partial charge is 0.272 e. The van der Waals surface area contributed by atoms with Gasteiger partial charge >= 0.3 is 0 Å². The first-order chi connectivity index (χ1) is 7.27. The van der Waals surface area contributed by atoms with Gasteiger partial charge in [-0.15, -0.1) is 0 Å². The monoisotopic (exact) mass is 268 g/mol. The Morgan fingerprint density at radius 2 is 2.13 bits per heavy atom. The van der Waals surface area contributed by atoms with Crippen LogP contribution >= 0.6 is 15.9 Å². The van der Waals surface area contributed by atoms with E-state index in [0.717, 1.165) is 25.9 Å². The first kappa shape index (κ1) is 10.6. The lowest BCUT2D eigenvalue weighted by Crippen LogP contribution is -2.39. The predicted molar refractivity (Wildman–Crippen MR) is 62.1 cm³/mol. The summed E-state index contributed by atoms with van der Waals surface area (Å²) in [4.78, 5) is 18.5. The summed E-state index contributed by atoms with van der Waals surface area (Å²) >= 11 is 3.57. The number of carbonyl (C=O) groups is 1. The number of rotatable bonds is 1. The molecule has 0 atom stereocenters. The number of carbonyl (C=O) groups excluding carboxylic acids is 1. The summed E-state index contributed by atoms with van der Waals surface area (Å²) in [6.45, 7) is 1.65. The highest BCUT2D eigenvalue weighted by molar-refractivity contribution is 9.09. The number of halogens is 1. The van der Waals surface area contributed by atoms with Crippen LogP contribution in [-0.4, -0.2) is 33.7 Å². The van der Waals surface area contributed by atoms with Gasteiger partial charge in [0.05, 0.1) is 0 Å². The molecule has 0 radical (unpaired) electrons.